The molecule has 2 atom stereocenters. The number of nitrogens with one attached hydrogen (secondary N) is 1. The van der Waals surface area contributed by atoms with Crippen molar-refractivity contribution in [3.63, 3.8) is 0 Å². The molecule has 1 rings (SSSR count). The van der Waals surface area contributed by atoms with Gasteiger partial charge in [-0.1, -0.05) is 0 Å². The summed E-state index contributed by atoms with van der Waals surface area (Å²) in [6.07, 6.45) is -0.364. The maximum absolute atomic E-state index is 9.63. The quantitative estimate of drug-likeness (QED) is 0.600. The number of likely N-dealkylation sites (N-methyl/N-ethyl adjacent to an activating group) is 1. The molecule has 0 spiro atoms. The van der Waals surface area contributed by atoms with Crippen LogP contribution < -0.4 is 5.32 Å². The maximum atomic E-state index is 9.63. The minimum atomic E-state index is -1.04. The smallest absolute Gasteiger partial charge is 0.159 e. The molecule has 3 N–H and O–H groups in total. The molecule has 0 amide bonds. The molecule has 0 aliphatic heterocycles. The molecule has 0 bridgehead atoms. The van der Waals surface area contributed by atoms with Crippen LogP contribution in [0.15, 0.2) is 12.3 Å². The minimum Gasteiger partial charge on any atom is -0.389 e. The van der Waals surface area contributed by atoms with E-state index in [0.29, 0.717) is 6.54 Å². The van der Waals surface area contributed by atoms with Crippen LogP contribution in [0.3, 0.4) is 0 Å². The number of aryl methyl sites for hydroxylation is 1. The molecule has 0 aliphatic carbocycles. The summed E-state index contributed by atoms with van der Waals surface area (Å²) in [7, 11) is 1.70. The molecule has 0 aliphatic rings. The van der Waals surface area contributed by atoms with Crippen molar-refractivity contribution in [2.75, 3.05) is 13.6 Å². The van der Waals surface area contributed by atoms with Gasteiger partial charge >= 0.3 is 0 Å². The zero-order valence-corrected chi connectivity index (χ0v) is 8.31. The number of aliphatic hydroxyl groups excluding tert-OH is 2. The molecule has 14 heavy (non-hydrogen) atoms. The number of hydrogen-bond acceptors (Lipinski definition) is 5. The van der Waals surface area contributed by atoms with Gasteiger partial charge in [0.05, 0.1) is 6.10 Å². The van der Waals surface area contributed by atoms with Gasteiger partial charge in [-0.15, -0.1) is 0 Å². The Balaban J connectivity index is 2.73. The zero-order valence-electron chi connectivity index (χ0n) is 8.31. The van der Waals surface area contributed by atoms with E-state index < -0.39 is 12.2 Å². The highest BCUT2D eigenvalue weighted by Crippen LogP contribution is 2.11. The summed E-state index contributed by atoms with van der Waals surface area (Å²) in [5, 5.41) is 21.9. The molecular weight excluding hydrogens is 182 g/mol. The third kappa shape index (κ3) is 2.73. The van der Waals surface area contributed by atoms with E-state index in [1.165, 1.54) is 0 Å². The van der Waals surface area contributed by atoms with Crippen molar-refractivity contribution in [2.24, 2.45) is 0 Å². The number of aliphatic hydroxyl groups is 2. The predicted octanol–water partition coefficient (Wildman–Crippen LogP) is -0.601. The van der Waals surface area contributed by atoms with Gasteiger partial charge in [-0.25, -0.2) is 9.97 Å². The molecule has 78 valence electrons. The van der Waals surface area contributed by atoms with Gasteiger partial charge in [-0.05, 0) is 20.0 Å². The molecule has 2 unspecified atom stereocenters. The summed E-state index contributed by atoms with van der Waals surface area (Å²) < 4.78 is 0. The minimum absolute atomic E-state index is 0.257. The Labute approximate surface area is 82.8 Å². The first-order valence-electron chi connectivity index (χ1n) is 4.45. The summed E-state index contributed by atoms with van der Waals surface area (Å²) in [5.74, 6) is 0.257. The third-order valence-electron chi connectivity index (χ3n) is 1.86. The molecular formula is C9H15N3O2. The van der Waals surface area contributed by atoms with E-state index in [0.717, 1.165) is 5.69 Å². The van der Waals surface area contributed by atoms with Gasteiger partial charge in [0.2, 0.25) is 0 Å². The SMILES string of the molecule is CNCC(O)C(O)c1nccc(C)n1. The lowest BCUT2D eigenvalue weighted by molar-refractivity contribution is 0.0148. The first kappa shape index (κ1) is 11.0. The van der Waals surface area contributed by atoms with E-state index in [4.69, 9.17) is 0 Å². The molecule has 0 radical (unpaired) electrons. The average Bonchev–Trinajstić information content (AvgIpc) is 2.17. The lowest BCUT2D eigenvalue weighted by atomic mass is 10.2. The molecule has 0 saturated carbocycles. The fraction of sp³-hybridized carbons (Fsp3) is 0.556. The van der Waals surface area contributed by atoms with Gasteiger partial charge in [0.1, 0.15) is 6.10 Å². The summed E-state index contributed by atoms with van der Waals surface area (Å²) in [5.41, 5.74) is 0.769. The monoisotopic (exact) mass is 197 g/mol. The average molecular weight is 197 g/mol. The van der Waals surface area contributed by atoms with Crippen LogP contribution in [0.2, 0.25) is 0 Å². The van der Waals surface area contributed by atoms with Crippen LogP contribution >= 0.6 is 0 Å². The highest BCUT2D eigenvalue weighted by Gasteiger charge is 2.19. The number of aromatic nitrogens is 2. The Morgan fingerprint density at radius 1 is 1.50 bits per heavy atom. The number of nitrogens with zero attached hydrogens (tertiary/aromatic N) is 2. The molecule has 0 fully saturated rings. The van der Waals surface area contributed by atoms with Gasteiger partial charge in [-0.3, -0.25) is 0 Å². The number of rotatable bonds is 4. The van der Waals surface area contributed by atoms with Crippen molar-refractivity contribution in [1.82, 2.24) is 15.3 Å². The largest absolute Gasteiger partial charge is 0.389 e. The standard InChI is InChI=1S/C9H15N3O2/c1-6-3-4-11-9(12-6)8(14)7(13)5-10-2/h3-4,7-8,10,13-14H,5H2,1-2H3. The van der Waals surface area contributed by atoms with E-state index in [2.05, 4.69) is 15.3 Å². The second-order valence-electron chi connectivity index (χ2n) is 3.13. The van der Waals surface area contributed by atoms with E-state index in [9.17, 15) is 10.2 Å². The van der Waals surface area contributed by atoms with Crippen molar-refractivity contribution in [3.05, 3.63) is 23.8 Å². The fourth-order valence-corrected chi connectivity index (χ4v) is 1.10. The van der Waals surface area contributed by atoms with Crippen LogP contribution in [0.1, 0.15) is 17.6 Å². The highest BCUT2D eigenvalue weighted by molar-refractivity contribution is 5.02. The van der Waals surface area contributed by atoms with Gasteiger partial charge in [-0.2, -0.15) is 0 Å². The Morgan fingerprint density at radius 2 is 2.21 bits per heavy atom. The highest BCUT2D eigenvalue weighted by atomic mass is 16.3. The first-order valence-corrected chi connectivity index (χ1v) is 4.45. The van der Waals surface area contributed by atoms with Gasteiger partial charge in [0.15, 0.2) is 5.82 Å². The Hall–Kier alpha value is -1.04. The van der Waals surface area contributed by atoms with Crippen molar-refractivity contribution in [3.8, 4) is 0 Å². The third-order valence-corrected chi connectivity index (χ3v) is 1.86. The fourth-order valence-electron chi connectivity index (χ4n) is 1.10. The van der Waals surface area contributed by atoms with Gasteiger partial charge in [0.25, 0.3) is 0 Å². The van der Waals surface area contributed by atoms with Gasteiger partial charge < -0.3 is 15.5 Å². The molecule has 1 heterocycles. The summed E-state index contributed by atoms with van der Waals surface area (Å²) in [4.78, 5) is 7.92. The molecule has 5 nitrogen and oxygen atoms in total. The summed E-state index contributed by atoms with van der Waals surface area (Å²) in [6, 6.07) is 1.74. The normalized spacial score (nSPS) is 15.1. The van der Waals surface area contributed by atoms with Gasteiger partial charge in [0, 0.05) is 18.4 Å². The van der Waals surface area contributed by atoms with Crippen molar-refractivity contribution < 1.29 is 10.2 Å². The van der Waals surface area contributed by atoms with E-state index >= 15 is 0 Å². The lowest BCUT2D eigenvalue weighted by Gasteiger charge is -2.15. The van der Waals surface area contributed by atoms with Crippen molar-refractivity contribution in [1.29, 1.82) is 0 Å². The van der Waals surface area contributed by atoms with E-state index in [1.54, 1.807) is 19.3 Å². The molecule has 0 aromatic carbocycles. The van der Waals surface area contributed by atoms with E-state index in [1.807, 2.05) is 6.92 Å². The second kappa shape index (κ2) is 4.99. The summed E-state index contributed by atoms with van der Waals surface area (Å²) in [6.45, 7) is 2.11. The van der Waals surface area contributed by atoms with Crippen molar-refractivity contribution in [2.45, 2.75) is 19.1 Å². The second-order valence-corrected chi connectivity index (χ2v) is 3.13. The summed E-state index contributed by atoms with van der Waals surface area (Å²) >= 11 is 0. The Bertz CT molecular complexity index is 293. The number of hydrogen-bond donors (Lipinski definition) is 3. The van der Waals surface area contributed by atoms with Crippen LogP contribution in [0.4, 0.5) is 0 Å². The topological polar surface area (TPSA) is 78.3 Å². The van der Waals surface area contributed by atoms with Crippen LogP contribution in [0, 0.1) is 6.92 Å². The molecule has 5 heteroatoms. The first-order chi connectivity index (χ1) is 6.65. The van der Waals surface area contributed by atoms with Crippen molar-refractivity contribution >= 4 is 0 Å². The van der Waals surface area contributed by atoms with Crippen LogP contribution in [-0.4, -0.2) is 39.9 Å². The molecule has 1 aromatic rings. The predicted molar refractivity (Wildman–Crippen MR) is 51.7 cm³/mol. The lowest BCUT2D eigenvalue weighted by Crippen LogP contribution is -2.30. The Kier molecular flexibility index (Phi) is 3.94. The zero-order chi connectivity index (χ0) is 10.6. The Morgan fingerprint density at radius 3 is 2.79 bits per heavy atom. The van der Waals surface area contributed by atoms with Crippen LogP contribution in [-0.2, 0) is 0 Å². The van der Waals surface area contributed by atoms with E-state index in [-0.39, 0.29) is 5.82 Å². The maximum Gasteiger partial charge on any atom is 0.159 e. The van der Waals surface area contributed by atoms with Crippen LogP contribution in [0.25, 0.3) is 0 Å². The van der Waals surface area contributed by atoms with Crippen LogP contribution in [0.5, 0.6) is 0 Å². The molecule has 0 saturated heterocycles. The molecule has 1 aromatic heterocycles.